The molecule has 8 nitrogen and oxygen atoms in total. The Morgan fingerprint density at radius 3 is 2.67 bits per heavy atom. The molecule has 1 aliphatic carbocycles. The topological polar surface area (TPSA) is 83.5 Å². The van der Waals surface area contributed by atoms with Crippen LogP contribution in [0.15, 0.2) is 41.5 Å². The van der Waals surface area contributed by atoms with Gasteiger partial charge in [-0.1, -0.05) is 19.3 Å². The lowest BCUT2D eigenvalue weighted by molar-refractivity contribution is 0.401. The molecule has 0 spiro atoms. The summed E-state index contributed by atoms with van der Waals surface area (Å²) in [5, 5.41) is 5.19. The van der Waals surface area contributed by atoms with E-state index in [9.17, 15) is 4.79 Å². The van der Waals surface area contributed by atoms with Gasteiger partial charge in [-0.3, -0.25) is 9.36 Å². The summed E-state index contributed by atoms with van der Waals surface area (Å²) < 4.78 is 14.0. The first-order chi connectivity index (χ1) is 14.7. The molecule has 0 radical (unpaired) electrons. The molecule has 0 bridgehead atoms. The van der Waals surface area contributed by atoms with Gasteiger partial charge >= 0.3 is 0 Å². The smallest absolute Gasteiger partial charge is 0.266 e. The molecule has 8 heteroatoms. The molecule has 30 heavy (non-hydrogen) atoms. The van der Waals surface area contributed by atoms with Crippen LogP contribution in [0.1, 0.15) is 43.8 Å². The monoisotopic (exact) mass is 405 g/mol. The average Bonchev–Trinajstić information content (AvgIpc) is 3.24. The molecule has 4 aromatic rings. The SMILES string of the molecule is COc1ccc(OC)c(-n2ccc3c(cnc4nc(C5CCCCC5)nn43)c2=O)c1. The quantitative estimate of drug-likeness (QED) is 0.517. The molecule has 3 heterocycles. The van der Waals surface area contributed by atoms with E-state index >= 15 is 0 Å². The largest absolute Gasteiger partial charge is 0.497 e. The zero-order chi connectivity index (χ0) is 20.7. The van der Waals surface area contributed by atoms with E-state index in [0.717, 1.165) is 18.7 Å². The van der Waals surface area contributed by atoms with Crippen LogP contribution in [-0.4, -0.2) is 38.4 Å². The fraction of sp³-hybridized carbons (Fsp3) is 0.364. The van der Waals surface area contributed by atoms with E-state index in [1.54, 1.807) is 49.3 Å². The molecule has 1 fully saturated rings. The molecule has 0 amide bonds. The fourth-order valence-electron chi connectivity index (χ4n) is 4.24. The number of nitrogens with zero attached hydrogens (tertiary/aromatic N) is 5. The highest BCUT2D eigenvalue weighted by Crippen LogP contribution is 2.31. The van der Waals surface area contributed by atoms with Crippen molar-refractivity contribution in [3.05, 3.63) is 52.8 Å². The number of fused-ring (bicyclic) bond motifs is 3. The highest BCUT2D eigenvalue weighted by Gasteiger charge is 2.21. The van der Waals surface area contributed by atoms with Crippen molar-refractivity contribution in [2.24, 2.45) is 0 Å². The normalized spacial score (nSPS) is 15.0. The molecule has 3 aromatic heterocycles. The fourth-order valence-corrected chi connectivity index (χ4v) is 4.24. The molecule has 0 aliphatic heterocycles. The van der Waals surface area contributed by atoms with Gasteiger partial charge in [-0.2, -0.15) is 9.50 Å². The number of hydrogen-bond donors (Lipinski definition) is 0. The average molecular weight is 405 g/mol. The van der Waals surface area contributed by atoms with Gasteiger partial charge < -0.3 is 9.47 Å². The van der Waals surface area contributed by atoms with E-state index in [1.807, 2.05) is 6.07 Å². The van der Waals surface area contributed by atoms with E-state index < -0.39 is 0 Å². The molecule has 0 unspecified atom stereocenters. The van der Waals surface area contributed by atoms with E-state index in [1.165, 1.54) is 23.8 Å². The van der Waals surface area contributed by atoms with Gasteiger partial charge in [0.2, 0.25) is 0 Å². The lowest BCUT2D eigenvalue weighted by Gasteiger charge is -2.17. The van der Waals surface area contributed by atoms with Crippen LogP contribution in [0.2, 0.25) is 0 Å². The third kappa shape index (κ3) is 2.99. The Bertz CT molecular complexity index is 1290. The van der Waals surface area contributed by atoms with Crippen LogP contribution < -0.4 is 15.0 Å². The summed E-state index contributed by atoms with van der Waals surface area (Å²) in [6, 6.07) is 7.21. The van der Waals surface area contributed by atoms with Gasteiger partial charge in [-0.05, 0) is 31.0 Å². The van der Waals surface area contributed by atoms with Crippen LogP contribution >= 0.6 is 0 Å². The summed E-state index contributed by atoms with van der Waals surface area (Å²) in [5.74, 6) is 2.94. The highest BCUT2D eigenvalue weighted by molar-refractivity contribution is 5.79. The molecule has 1 aromatic carbocycles. The summed E-state index contributed by atoms with van der Waals surface area (Å²) >= 11 is 0. The predicted octanol–water partition coefficient (Wildman–Crippen LogP) is 3.49. The Balaban J connectivity index is 1.66. The molecular weight excluding hydrogens is 382 g/mol. The van der Waals surface area contributed by atoms with Crippen molar-refractivity contribution in [3.8, 4) is 17.2 Å². The van der Waals surface area contributed by atoms with Crippen molar-refractivity contribution >= 4 is 16.7 Å². The van der Waals surface area contributed by atoms with Crippen LogP contribution in [0, 0.1) is 0 Å². The first-order valence-corrected chi connectivity index (χ1v) is 10.2. The molecule has 0 N–H and O–H groups in total. The zero-order valence-electron chi connectivity index (χ0n) is 17.0. The van der Waals surface area contributed by atoms with Gasteiger partial charge in [-0.25, -0.2) is 4.98 Å². The van der Waals surface area contributed by atoms with E-state index in [4.69, 9.17) is 14.6 Å². The first kappa shape index (κ1) is 18.6. The van der Waals surface area contributed by atoms with Crippen molar-refractivity contribution in [1.82, 2.24) is 24.1 Å². The number of pyridine rings is 1. The second kappa shape index (κ2) is 7.44. The summed E-state index contributed by atoms with van der Waals surface area (Å²) in [4.78, 5) is 22.4. The van der Waals surface area contributed by atoms with Crippen molar-refractivity contribution in [2.75, 3.05) is 14.2 Å². The molecule has 1 saturated carbocycles. The second-order valence-corrected chi connectivity index (χ2v) is 7.60. The van der Waals surface area contributed by atoms with Crippen LogP contribution in [0.25, 0.3) is 22.4 Å². The highest BCUT2D eigenvalue weighted by atomic mass is 16.5. The number of methoxy groups -OCH3 is 2. The van der Waals surface area contributed by atoms with Crippen LogP contribution in [-0.2, 0) is 0 Å². The van der Waals surface area contributed by atoms with Gasteiger partial charge in [0.15, 0.2) is 5.82 Å². The van der Waals surface area contributed by atoms with Gasteiger partial charge in [0, 0.05) is 24.4 Å². The van der Waals surface area contributed by atoms with Gasteiger partial charge in [-0.15, -0.1) is 5.10 Å². The second-order valence-electron chi connectivity index (χ2n) is 7.60. The van der Waals surface area contributed by atoms with Crippen molar-refractivity contribution < 1.29 is 9.47 Å². The molecule has 0 atom stereocenters. The number of benzene rings is 1. The maximum atomic E-state index is 13.3. The Hall–Kier alpha value is -3.42. The summed E-state index contributed by atoms with van der Waals surface area (Å²) in [6.45, 7) is 0. The standard InChI is InChI=1S/C22H23N5O3/c1-29-15-8-9-19(30-2)18(12-15)26-11-10-17-16(21(26)28)13-23-22-24-20(25-27(17)22)14-6-4-3-5-7-14/h8-14H,3-7H2,1-2H3. The maximum Gasteiger partial charge on any atom is 0.266 e. The van der Waals surface area contributed by atoms with Gasteiger partial charge in [0.05, 0.1) is 30.8 Å². The Morgan fingerprint density at radius 1 is 1.07 bits per heavy atom. The minimum Gasteiger partial charge on any atom is -0.497 e. The van der Waals surface area contributed by atoms with Gasteiger partial charge in [0.1, 0.15) is 11.5 Å². The Labute approximate surface area is 173 Å². The minimum absolute atomic E-state index is 0.205. The number of rotatable bonds is 4. The molecule has 1 aliphatic rings. The Morgan fingerprint density at radius 2 is 1.90 bits per heavy atom. The summed E-state index contributed by atoms with van der Waals surface area (Å²) in [6.07, 6.45) is 9.22. The lowest BCUT2D eigenvalue weighted by atomic mass is 9.89. The van der Waals surface area contributed by atoms with E-state index in [-0.39, 0.29) is 5.56 Å². The third-order valence-corrected chi connectivity index (χ3v) is 5.87. The predicted molar refractivity (Wildman–Crippen MR) is 113 cm³/mol. The molecule has 5 rings (SSSR count). The number of hydrogen-bond acceptors (Lipinski definition) is 6. The van der Waals surface area contributed by atoms with Crippen molar-refractivity contribution in [2.45, 2.75) is 38.0 Å². The van der Waals surface area contributed by atoms with Gasteiger partial charge in [0.25, 0.3) is 11.3 Å². The van der Waals surface area contributed by atoms with Crippen LogP contribution in [0.3, 0.4) is 0 Å². The van der Waals surface area contributed by atoms with E-state index in [0.29, 0.717) is 39.8 Å². The zero-order valence-corrected chi connectivity index (χ0v) is 17.0. The van der Waals surface area contributed by atoms with Crippen LogP contribution in [0.4, 0.5) is 0 Å². The maximum absolute atomic E-state index is 13.3. The minimum atomic E-state index is -0.205. The van der Waals surface area contributed by atoms with Crippen LogP contribution in [0.5, 0.6) is 11.5 Å². The van der Waals surface area contributed by atoms with Crippen molar-refractivity contribution in [1.29, 1.82) is 0 Å². The summed E-state index contributed by atoms with van der Waals surface area (Å²) in [7, 11) is 3.16. The number of aromatic nitrogens is 5. The Kier molecular flexibility index (Phi) is 4.61. The molecule has 154 valence electrons. The third-order valence-electron chi connectivity index (χ3n) is 5.87. The lowest BCUT2D eigenvalue weighted by Crippen LogP contribution is -2.19. The molecular formula is C22H23N5O3. The summed E-state index contributed by atoms with van der Waals surface area (Å²) in [5.41, 5.74) is 1.09. The number of ether oxygens (including phenoxy) is 2. The first-order valence-electron chi connectivity index (χ1n) is 10.2. The molecule has 0 saturated heterocycles. The van der Waals surface area contributed by atoms with E-state index in [2.05, 4.69) is 9.97 Å². The van der Waals surface area contributed by atoms with Crippen molar-refractivity contribution in [3.63, 3.8) is 0 Å².